The van der Waals surface area contributed by atoms with Crippen LogP contribution in [0.4, 0.5) is 34.1 Å². The quantitative estimate of drug-likeness (QED) is 0.0161. The Bertz CT molecular complexity index is 3380. The molecule has 0 bridgehead atoms. The molecule has 0 fully saturated rings. The molecule has 0 aliphatic rings. The van der Waals surface area contributed by atoms with Crippen LogP contribution in [0.25, 0.3) is 27.2 Å². The summed E-state index contributed by atoms with van der Waals surface area (Å²) in [5, 5.41) is 72.7. The Kier molecular flexibility index (Phi) is 12.8. The van der Waals surface area contributed by atoms with E-state index in [1.165, 1.54) is 54.6 Å². The summed E-state index contributed by atoms with van der Waals surface area (Å²) >= 11 is 0.495. The Morgan fingerprint density at radius 2 is 1.25 bits per heavy atom. The van der Waals surface area contributed by atoms with Gasteiger partial charge in [-0.2, -0.15) is 47.1 Å². The third-order valence-corrected chi connectivity index (χ3v) is 12.3. The highest BCUT2D eigenvalue weighted by molar-refractivity contribution is 8.19. The number of carboxylic acid groups (broad SMARTS) is 1. The first-order valence-corrected chi connectivity index (χ1v) is 22.7. The van der Waals surface area contributed by atoms with Crippen LogP contribution in [0.3, 0.4) is 0 Å². The van der Waals surface area contributed by atoms with E-state index in [4.69, 9.17) is 5.26 Å². The van der Waals surface area contributed by atoms with Crippen LogP contribution < -0.4 is 0 Å². The minimum absolute atomic E-state index is 0.00359. The van der Waals surface area contributed by atoms with E-state index in [-0.39, 0.29) is 43.8 Å². The van der Waals surface area contributed by atoms with Gasteiger partial charge in [-0.3, -0.25) is 9.11 Å². The lowest BCUT2D eigenvalue weighted by molar-refractivity contribution is -0.432. The molecule has 336 valence electrons. The van der Waals surface area contributed by atoms with E-state index in [2.05, 4.69) is 45.2 Å². The Morgan fingerprint density at radius 3 is 1.83 bits per heavy atom. The average molecular weight is 969 g/mol. The Labute approximate surface area is 370 Å². The number of carbonyl (C=O) groups is 1. The van der Waals surface area contributed by atoms with E-state index in [9.17, 15) is 59.7 Å². The van der Waals surface area contributed by atoms with Crippen LogP contribution in [0.2, 0.25) is 0 Å². The Balaban J connectivity index is 1.17. The van der Waals surface area contributed by atoms with E-state index in [1.807, 2.05) is 0 Å². The summed E-state index contributed by atoms with van der Waals surface area (Å²) in [4.78, 5) is 10.7. The van der Waals surface area contributed by atoms with Gasteiger partial charge in [0.05, 0.1) is 50.3 Å². The number of rotatable bonds is 14. The molecule has 24 nitrogen and oxygen atoms in total. The molecule has 65 heavy (non-hydrogen) atoms. The van der Waals surface area contributed by atoms with Gasteiger partial charge in [-0.25, -0.2) is 10.1 Å². The molecule has 7 rings (SSSR count). The second-order valence-corrected chi connectivity index (χ2v) is 18.4. The number of aryl methyl sites for hydroxylation is 1. The lowest BCUT2D eigenvalue weighted by Crippen LogP contribution is -2.02. The topological polar surface area (TPSA) is 378 Å². The van der Waals surface area contributed by atoms with Gasteiger partial charge < -0.3 is 29.0 Å². The van der Waals surface area contributed by atoms with Crippen LogP contribution in [-0.2, 0) is 29.6 Å². The van der Waals surface area contributed by atoms with Crippen molar-refractivity contribution in [3.05, 3.63) is 108 Å². The maximum Gasteiger partial charge on any atom is 0.358 e. The monoisotopic (exact) mass is 968 g/mol. The van der Waals surface area contributed by atoms with Gasteiger partial charge in [0.1, 0.15) is 21.5 Å². The summed E-state index contributed by atoms with van der Waals surface area (Å²) in [6.07, 6.45) is 0. The normalized spacial score (nSPS) is 13.0. The highest BCUT2D eigenvalue weighted by atomic mass is 32.3. The average Bonchev–Trinajstić information content (AvgIpc) is 3.58. The Morgan fingerprint density at radius 1 is 0.662 bits per heavy atom. The number of phenolic OH excluding ortho intramolecular Hbond substituents is 1. The Hall–Kier alpha value is -6.80. The van der Waals surface area contributed by atoms with Crippen molar-refractivity contribution in [2.75, 3.05) is 0 Å². The summed E-state index contributed by atoms with van der Waals surface area (Å²) in [7, 11) is -13.8. The fourth-order valence-corrected chi connectivity index (χ4v) is 8.50. The summed E-state index contributed by atoms with van der Waals surface area (Å²) in [6.45, 7) is 1.62. The van der Waals surface area contributed by atoms with Crippen molar-refractivity contribution < 1.29 is 74.3 Å². The molecule has 0 aliphatic heterocycles. The van der Waals surface area contributed by atoms with E-state index in [0.717, 1.165) is 41.1 Å². The van der Waals surface area contributed by atoms with Crippen molar-refractivity contribution in [1.82, 2.24) is 9.78 Å². The molecule has 0 unspecified atom stereocenters. The first kappa shape index (κ1) is 46.2. The molecule has 1 heterocycles. The van der Waals surface area contributed by atoms with Crippen LogP contribution in [0.5, 0.6) is 11.6 Å². The molecular weight excluding hydrogens is 941 g/mol. The first-order valence-electron chi connectivity index (χ1n) is 17.6. The number of phenols is 1. The molecule has 1 aromatic heterocycles. The lowest BCUT2D eigenvalue weighted by atomic mass is 10.1. The molecule has 0 aliphatic carbocycles. The molecule has 0 amide bonds. The summed E-state index contributed by atoms with van der Waals surface area (Å²) < 4.78 is 102. The second kappa shape index (κ2) is 18.0. The van der Waals surface area contributed by atoms with Crippen LogP contribution in [0.15, 0.2) is 147 Å². The number of aromatic hydroxyl groups is 2. The van der Waals surface area contributed by atoms with Crippen LogP contribution in [-0.4, -0.2) is 75.9 Å². The van der Waals surface area contributed by atoms with Crippen molar-refractivity contribution in [1.29, 1.82) is 0 Å². The number of nitrogens with zero attached hydrogens (tertiary/aromatic N) is 8. The van der Waals surface area contributed by atoms with Crippen molar-refractivity contribution in [3.8, 4) is 17.3 Å². The predicted molar refractivity (Wildman–Crippen MR) is 229 cm³/mol. The van der Waals surface area contributed by atoms with Gasteiger partial charge in [-0.1, -0.05) is 17.2 Å². The fraction of sp³-hybridized carbons (Fsp3) is 0.0270. The maximum absolute atomic E-state index is 12.2. The standard InChI is InChI=1S/C37H28N8O16S4/c1-18-12-21(38-39-22-4-2-19-13-25(62-61-60-50)17-30(27(19)15-22)64(54,55)56)6-11-29(18)41-42-32-31(65(57,58)59)14-20-3-5-23(16-28(20)35(32)46)40-43-33-34(37(48)49)44-45(36(33)47)24-7-9-26(10-8-24)63(51,52)53/h2-17,46-47,50,57-59H,1H3,(H,48,49)(H,51,52,53)(H,54,55,56). The number of azo groups is 3. The molecule has 9 N–H and O–H groups in total. The number of fused-ring (bicyclic) bond motifs is 2. The molecular formula is C37H28N8O16S4. The van der Waals surface area contributed by atoms with Gasteiger partial charge >= 0.3 is 5.97 Å². The van der Waals surface area contributed by atoms with E-state index in [1.54, 1.807) is 13.0 Å². The van der Waals surface area contributed by atoms with Gasteiger partial charge in [0.25, 0.3) is 20.2 Å². The van der Waals surface area contributed by atoms with Crippen molar-refractivity contribution in [2.45, 2.75) is 26.5 Å². The molecule has 6 aromatic carbocycles. The summed E-state index contributed by atoms with van der Waals surface area (Å²) in [5.41, 5.74) is -0.785. The van der Waals surface area contributed by atoms with Crippen LogP contribution >= 0.6 is 22.9 Å². The number of aromatic carboxylic acids is 1. The minimum atomic E-state index is -4.72. The summed E-state index contributed by atoms with van der Waals surface area (Å²) in [5.74, 6) is -3.11. The zero-order valence-corrected chi connectivity index (χ0v) is 35.6. The highest BCUT2D eigenvalue weighted by Gasteiger charge is 2.27. The number of carboxylic acids is 1. The van der Waals surface area contributed by atoms with Crippen LogP contribution in [0, 0.1) is 6.92 Å². The molecule has 0 radical (unpaired) electrons. The molecule has 7 aromatic rings. The van der Waals surface area contributed by atoms with E-state index in [0.29, 0.717) is 28.7 Å². The first-order chi connectivity index (χ1) is 30.6. The van der Waals surface area contributed by atoms with Crippen molar-refractivity contribution >= 4 is 105 Å². The number of hydrogen-bond acceptors (Lipinski definition) is 21. The molecule has 0 saturated carbocycles. The zero-order valence-electron chi connectivity index (χ0n) is 32.3. The largest absolute Gasteiger partial charge is 0.505 e. The second-order valence-electron chi connectivity index (χ2n) is 13.3. The van der Waals surface area contributed by atoms with Gasteiger partial charge in [0.2, 0.25) is 11.6 Å². The van der Waals surface area contributed by atoms with Gasteiger partial charge in [-0.15, -0.1) is 14.6 Å². The zero-order chi connectivity index (χ0) is 47.0. The summed E-state index contributed by atoms with van der Waals surface area (Å²) in [6, 6.07) is 20.8. The molecule has 0 atom stereocenters. The number of aromatic nitrogens is 2. The predicted octanol–water partition coefficient (Wildman–Crippen LogP) is 10.3. The van der Waals surface area contributed by atoms with E-state index >= 15 is 0 Å². The van der Waals surface area contributed by atoms with Gasteiger partial charge in [0, 0.05) is 15.7 Å². The lowest BCUT2D eigenvalue weighted by Gasteiger charge is -2.22. The fourth-order valence-electron chi connectivity index (χ4n) is 6.08. The van der Waals surface area contributed by atoms with Gasteiger partial charge in [-0.05, 0) is 108 Å². The SMILES string of the molecule is Cc1cc(N=Nc2ccc3cc(SOOO)cc(S(=O)(=O)O)c3c2)ccc1N=Nc1c(S(O)(O)O)cc2ccc(N=Nc3c(C(=O)O)nn(-c4ccc(S(=O)(=O)O)cc4)c3O)cc2c1O. The third-order valence-electron chi connectivity index (χ3n) is 9.05. The molecule has 0 saturated heterocycles. The number of hydrogen-bond donors (Lipinski definition) is 9. The van der Waals surface area contributed by atoms with Crippen molar-refractivity contribution in [2.24, 2.45) is 30.7 Å². The number of benzene rings is 6. The van der Waals surface area contributed by atoms with Crippen LogP contribution in [0.1, 0.15) is 16.1 Å². The van der Waals surface area contributed by atoms with Crippen molar-refractivity contribution in [3.63, 3.8) is 0 Å². The smallest absolute Gasteiger partial charge is 0.358 e. The molecule has 0 spiro atoms. The highest BCUT2D eigenvalue weighted by Crippen LogP contribution is 2.54. The minimum Gasteiger partial charge on any atom is -0.505 e. The van der Waals surface area contributed by atoms with E-state index < -0.39 is 80.5 Å². The maximum atomic E-state index is 12.2. The third kappa shape index (κ3) is 10.1. The van der Waals surface area contributed by atoms with Gasteiger partial charge in [0.15, 0.2) is 11.4 Å². The molecule has 28 heteroatoms.